The minimum Gasteiger partial charge on any atom is -0.319 e. The number of halogens is 1. The minimum absolute atomic E-state index is 0.264. The molecular formula is C11H10FNO. The van der Waals surface area contributed by atoms with Gasteiger partial charge in [-0.25, -0.2) is 4.39 Å². The van der Waals surface area contributed by atoms with E-state index in [0.29, 0.717) is 11.1 Å². The van der Waals surface area contributed by atoms with Crippen molar-refractivity contribution in [2.45, 2.75) is 13.8 Å². The Hall–Kier alpha value is -1.64. The van der Waals surface area contributed by atoms with Crippen LogP contribution in [0.3, 0.4) is 0 Å². The Morgan fingerprint density at radius 2 is 1.93 bits per heavy atom. The van der Waals surface area contributed by atoms with Crippen LogP contribution in [0.4, 0.5) is 4.39 Å². The molecule has 72 valence electrons. The third-order valence-electron chi connectivity index (χ3n) is 2.36. The molecule has 1 heterocycles. The number of rotatable bonds is 0. The second-order valence-electron chi connectivity index (χ2n) is 3.44. The zero-order chi connectivity index (χ0) is 10.3. The van der Waals surface area contributed by atoms with Crippen LogP contribution in [0, 0.1) is 19.7 Å². The maximum Gasteiger partial charge on any atom is 0.248 e. The quantitative estimate of drug-likeness (QED) is 0.680. The molecule has 2 rings (SSSR count). The van der Waals surface area contributed by atoms with Crippen LogP contribution in [0.1, 0.15) is 11.1 Å². The summed E-state index contributed by atoms with van der Waals surface area (Å²) in [6, 6.07) is 5.00. The summed E-state index contributed by atoms with van der Waals surface area (Å²) in [6.45, 7) is 3.47. The predicted molar refractivity (Wildman–Crippen MR) is 54.0 cm³/mol. The number of aromatic amines is 1. The summed E-state index contributed by atoms with van der Waals surface area (Å²) in [5.41, 5.74) is 1.37. The van der Waals surface area contributed by atoms with Crippen LogP contribution >= 0.6 is 0 Å². The topological polar surface area (TPSA) is 32.9 Å². The van der Waals surface area contributed by atoms with E-state index in [9.17, 15) is 9.18 Å². The molecule has 1 aromatic carbocycles. The van der Waals surface area contributed by atoms with Gasteiger partial charge in [-0.05, 0) is 25.0 Å². The van der Waals surface area contributed by atoms with Gasteiger partial charge < -0.3 is 4.98 Å². The van der Waals surface area contributed by atoms with E-state index in [2.05, 4.69) is 4.98 Å². The van der Waals surface area contributed by atoms with Crippen LogP contribution in [0.5, 0.6) is 0 Å². The summed E-state index contributed by atoms with van der Waals surface area (Å²) >= 11 is 0. The first-order valence-electron chi connectivity index (χ1n) is 4.38. The highest BCUT2D eigenvalue weighted by Gasteiger charge is 2.06. The Morgan fingerprint density at radius 1 is 1.21 bits per heavy atom. The van der Waals surface area contributed by atoms with Gasteiger partial charge in [0.1, 0.15) is 5.82 Å². The summed E-state index contributed by atoms with van der Waals surface area (Å²) in [5.74, 6) is -0.344. The molecule has 0 aliphatic rings. The molecule has 0 saturated carbocycles. The van der Waals surface area contributed by atoms with E-state index in [0.717, 1.165) is 10.9 Å². The molecular weight excluding hydrogens is 181 g/mol. The van der Waals surface area contributed by atoms with Crippen LogP contribution < -0.4 is 5.56 Å². The second-order valence-corrected chi connectivity index (χ2v) is 3.44. The van der Waals surface area contributed by atoms with Crippen molar-refractivity contribution in [1.82, 2.24) is 4.98 Å². The number of hydrogen-bond acceptors (Lipinski definition) is 1. The lowest BCUT2D eigenvalue weighted by atomic mass is 10.1. The highest BCUT2D eigenvalue weighted by molar-refractivity contribution is 5.82. The number of benzene rings is 1. The summed E-state index contributed by atoms with van der Waals surface area (Å²) in [4.78, 5) is 13.7. The third-order valence-corrected chi connectivity index (χ3v) is 2.36. The average Bonchev–Trinajstić information content (AvgIpc) is 2.12. The van der Waals surface area contributed by atoms with Gasteiger partial charge in [0.25, 0.3) is 0 Å². The van der Waals surface area contributed by atoms with Gasteiger partial charge in [-0.2, -0.15) is 0 Å². The van der Waals surface area contributed by atoms with Gasteiger partial charge in [0.2, 0.25) is 5.56 Å². The number of aryl methyl sites for hydroxylation is 2. The van der Waals surface area contributed by atoms with Crippen molar-refractivity contribution in [3.05, 3.63) is 45.5 Å². The minimum atomic E-state index is -0.344. The van der Waals surface area contributed by atoms with Gasteiger partial charge in [-0.1, -0.05) is 12.1 Å². The maximum atomic E-state index is 13.6. The summed E-state index contributed by atoms with van der Waals surface area (Å²) < 4.78 is 13.6. The lowest BCUT2D eigenvalue weighted by Crippen LogP contribution is -2.06. The first-order valence-corrected chi connectivity index (χ1v) is 4.38. The van der Waals surface area contributed by atoms with Crippen molar-refractivity contribution in [1.29, 1.82) is 0 Å². The van der Waals surface area contributed by atoms with Gasteiger partial charge in [-0.15, -0.1) is 0 Å². The van der Waals surface area contributed by atoms with Crippen molar-refractivity contribution in [3.8, 4) is 0 Å². The van der Waals surface area contributed by atoms with Gasteiger partial charge in [-0.3, -0.25) is 4.79 Å². The summed E-state index contributed by atoms with van der Waals surface area (Å²) in [7, 11) is 0. The van der Waals surface area contributed by atoms with Crippen molar-refractivity contribution >= 4 is 10.9 Å². The lowest BCUT2D eigenvalue weighted by molar-refractivity contribution is 0.627. The van der Waals surface area contributed by atoms with Crippen LogP contribution in [-0.4, -0.2) is 4.98 Å². The Kier molecular flexibility index (Phi) is 1.88. The monoisotopic (exact) mass is 191 g/mol. The van der Waals surface area contributed by atoms with Gasteiger partial charge in [0.05, 0.1) is 5.52 Å². The van der Waals surface area contributed by atoms with Gasteiger partial charge >= 0.3 is 0 Å². The molecule has 0 spiro atoms. The molecule has 1 N–H and O–H groups in total. The molecule has 0 amide bonds. The normalized spacial score (nSPS) is 10.8. The molecule has 14 heavy (non-hydrogen) atoms. The van der Waals surface area contributed by atoms with E-state index in [-0.39, 0.29) is 11.4 Å². The molecule has 2 nitrogen and oxygen atoms in total. The molecule has 0 unspecified atom stereocenters. The molecule has 0 saturated heterocycles. The summed E-state index contributed by atoms with van der Waals surface area (Å²) in [5, 5.41) is 0.757. The Labute approximate surface area is 80.4 Å². The fourth-order valence-electron chi connectivity index (χ4n) is 1.56. The zero-order valence-electron chi connectivity index (χ0n) is 8.02. The highest BCUT2D eigenvalue weighted by Crippen LogP contribution is 2.19. The van der Waals surface area contributed by atoms with E-state index >= 15 is 0 Å². The molecule has 2 aromatic rings. The predicted octanol–water partition coefficient (Wildman–Crippen LogP) is 2.28. The van der Waals surface area contributed by atoms with Crippen LogP contribution in [-0.2, 0) is 0 Å². The molecule has 0 bridgehead atoms. The maximum absolute atomic E-state index is 13.6. The number of H-pyrrole nitrogens is 1. The standard InChI is InChI=1S/C11H10FNO/c1-6-3-4-8-7(2)5-9(14)13-11(8)10(6)12/h3-5H,1-2H3,(H,13,14). The van der Waals surface area contributed by atoms with Gasteiger partial charge in [0, 0.05) is 11.5 Å². The SMILES string of the molecule is Cc1ccc2c(C)cc(=O)[nH]c2c1F. The number of aromatic nitrogens is 1. The number of pyridine rings is 1. The van der Waals surface area contributed by atoms with E-state index in [4.69, 9.17) is 0 Å². The first-order chi connectivity index (χ1) is 6.59. The molecule has 0 aliphatic carbocycles. The average molecular weight is 191 g/mol. The Bertz CT molecular complexity index is 557. The fraction of sp³-hybridized carbons (Fsp3) is 0.182. The fourth-order valence-corrected chi connectivity index (χ4v) is 1.56. The Balaban J connectivity index is 3.02. The number of fused-ring (bicyclic) bond motifs is 1. The molecule has 0 aliphatic heterocycles. The van der Waals surface area contributed by atoms with E-state index in [1.807, 2.05) is 6.07 Å². The molecule has 3 heteroatoms. The van der Waals surface area contributed by atoms with E-state index in [1.54, 1.807) is 19.9 Å². The van der Waals surface area contributed by atoms with Crippen molar-refractivity contribution in [3.63, 3.8) is 0 Å². The van der Waals surface area contributed by atoms with E-state index in [1.165, 1.54) is 6.07 Å². The number of nitrogens with one attached hydrogen (secondary N) is 1. The molecule has 0 atom stereocenters. The van der Waals surface area contributed by atoms with Crippen LogP contribution in [0.2, 0.25) is 0 Å². The van der Waals surface area contributed by atoms with Crippen molar-refractivity contribution in [2.24, 2.45) is 0 Å². The largest absolute Gasteiger partial charge is 0.319 e. The molecule has 0 radical (unpaired) electrons. The second kappa shape index (κ2) is 2.94. The summed E-state index contributed by atoms with van der Waals surface area (Å²) in [6.07, 6.45) is 0. The molecule has 0 fully saturated rings. The smallest absolute Gasteiger partial charge is 0.248 e. The first kappa shape index (κ1) is 8.94. The van der Waals surface area contributed by atoms with Crippen LogP contribution in [0.15, 0.2) is 23.0 Å². The van der Waals surface area contributed by atoms with Crippen LogP contribution in [0.25, 0.3) is 10.9 Å². The van der Waals surface area contributed by atoms with Crippen molar-refractivity contribution in [2.75, 3.05) is 0 Å². The van der Waals surface area contributed by atoms with E-state index < -0.39 is 0 Å². The van der Waals surface area contributed by atoms with Crippen molar-refractivity contribution < 1.29 is 4.39 Å². The molecule has 1 aromatic heterocycles. The van der Waals surface area contributed by atoms with Gasteiger partial charge in [0.15, 0.2) is 0 Å². The Morgan fingerprint density at radius 3 is 2.64 bits per heavy atom. The highest BCUT2D eigenvalue weighted by atomic mass is 19.1. The zero-order valence-corrected chi connectivity index (χ0v) is 8.02. The number of hydrogen-bond donors (Lipinski definition) is 1. The lowest BCUT2D eigenvalue weighted by Gasteiger charge is -2.04. The third kappa shape index (κ3) is 1.21.